The zero-order chi connectivity index (χ0) is 15.0. The van der Waals surface area contributed by atoms with Crippen molar-refractivity contribution in [2.24, 2.45) is 17.1 Å². The lowest BCUT2D eigenvalue weighted by molar-refractivity contribution is 0.166. The van der Waals surface area contributed by atoms with Crippen molar-refractivity contribution in [1.29, 1.82) is 0 Å². The lowest BCUT2D eigenvalue weighted by atomic mass is 9.70. The second kappa shape index (κ2) is 5.71. The van der Waals surface area contributed by atoms with Crippen LogP contribution in [-0.2, 0) is 0 Å². The average Bonchev–Trinajstić information content (AvgIpc) is 3.06. The van der Waals surface area contributed by atoms with E-state index in [9.17, 15) is 0 Å². The van der Waals surface area contributed by atoms with Gasteiger partial charge in [-0.1, -0.05) is 25.9 Å². The second-order valence-electron chi connectivity index (χ2n) is 8.18. The van der Waals surface area contributed by atoms with Gasteiger partial charge in [-0.05, 0) is 56.3 Å². The Morgan fingerprint density at radius 3 is 2.24 bits per heavy atom. The topological polar surface area (TPSA) is 64.9 Å². The van der Waals surface area contributed by atoms with Gasteiger partial charge in [-0.3, -0.25) is 0 Å². The van der Waals surface area contributed by atoms with Crippen molar-refractivity contribution < 1.29 is 4.52 Å². The number of aromatic nitrogens is 2. The summed E-state index contributed by atoms with van der Waals surface area (Å²) in [6, 6.07) is 0.313. The highest BCUT2D eigenvalue weighted by Crippen LogP contribution is 2.43. The standard InChI is InChI=1S/C17H29N3O/c1-17(2,3)13-7-4-11(5-8-13)15-19-16(21-20-15)12-6-9-14(18)10-12/h11-14H,4-10,18H2,1-3H3/t11?,12-,13?,14+/m1/s1. The van der Waals surface area contributed by atoms with Crippen molar-refractivity contribution >= 4 is 0 Å². The smallest absolute Gasteiger partial charge is 0.229 e. The van der Waals surface area contributed by atoms with Gasteiger partial charge in [-0.25, -0.2) is 0 Å². The highest BCUT2D eigenvalue weighted by molar-refractivity contribution is 5.03. The molecule has 0 aromatic carbocycles. The molecule has 0 aliphatic heterocycles. The second-order valence-corrected chi connectivity index (χ2v) is 8.18. The minimum absolute atomic E-state index is 0.313. The third-order valence-corrected chi connectivity index (χ3v) is 5.60. The first-order valence-corrected chi connectivity index (χ1v) is 8.52. The number of hydrogen-bond donors (Lipinski definition) is 1. The van der Waals surface area contributed by atoms with E-state index in [1.165, 1.54) is 25.7 Å². The highest BCUT2D eigenvalue weighted by atomic mass is 16.5. The number of nitrogens with zero attached hydrogens (tertiary/aromatic N) is 2. The summed E-state index contributed by atoms with van der Waals surface area (Å²) in [6.45, 7) is 7.06. The van der Waals surface area contributed by atoms with Gasteiger partial charge in [0.15, 0.2) is 5.82 Å². The molecule has 0 spiro atoms. The number of nitrogens with two attached hydrogens (primary N) is 1. The van der Waals surface area contributed by atoms with E-state index in [1.807, 2.05) is 0 Å². The van der Waals surface area contributed by atoms with Gasteiger partial charge in [0, 0.05) is 17.9 Å². The van der Waals surface area contributed by atoms with E-state index < -0.39 is 0 Å². The fourth-order valence-electron chi connectivity index (χ4n) is 4.04. The fraction of sp³-hybridized carbons (Fsp3) is 0.882. The molecule has 1 heterocycles. The molecule has 1 aromatic rings. The van der Waals surface area contributed by atoms with Gasteiger partial charge in [0.05, 0.1) is 0 Å². The first-order valence-electron chi connectivity index (χ1n) is 8.52. The van der Waals surface area contributed by atoms with E-state index in [1.54, 1.807) is 0 Å². The molecule has 4 heteroatoms. The van der Waals surface area contributed by atoms with Gasteiger partial charge >= 0.3 is 0 Å². The minimum atomic E-state index is 0.313. The van der Waals surface area contributed by atoms with Crippen LogP contribution in [0.3, 0.4) is 0 Å². The fourth-order valence-corrected chi connectivity index (χ4v) is 4.04. The highest BCUT2D eigenvalue weighted by Gasteiger charge is 2.33. The van der Waals surface area contributed by atoms with Gasteiger partial charge in [0.1, 0.15) is 0 Å². The molecule has 118 valence electrons. The van der Waals surface area contributed by atoms with Crippen molar-refractivity contribution in [1.82, 2.24) is 10.1 Å². The van der Waals surface area contributed by atoms with Gasteiger partial charge in [0.2, 0.25) is 5.89 Å². The molecule has 0 amide bonds. The maximum Gasteiger partial charge on any atom is 0.229 e. The van der Waals surface area contributed by atoms with Crippen molar-refractivity contribution in [2.75, 3.05) is 0 Å². The molecule has 0 unspecified atom stereocenters. The molecule has 2 aliphatic carbocycles. The maximum absolute atomic E-state index is 5.98. The Morgan fingerprint density at radius 2 is 1.67 bits per heavy atom. The van der Waals surface area contributed by atoms with Crippen LogP contribution in [0.1, 0.15) is 89.3 Å². The first kappa shape index (κ1) is 15.0. The molecule has 4 nitrogen and oxygen atoms in total. The molecule has 2 N–H and O–H groups in total. The average molecular weight is 291 g/mol. The normalized spacial score (nSPS) is 34.3. The van der Waals surface area contributed by atoms with Crippen molar-refractivity contribution in [3.8, 4) is 0 Å². The van der Waals surface area contributed by atoms with Crippen LogP contribution in [0.2, 0.25) is 0 Å². The van der Waals surface area contributed by atoms with Gasteiger partial charge in [0.25, 0.3) is 0 Å². The molecule has 21 heavy (non-hydrogen) atoms. The Kier molecular flexibility index (Phi) is 4.08. The van der Waals surface area contributed by atoms with E-state index in [2.05, 4.69) is 25.9 Å². The summed E-state index contributed by atoms with van der Waals surface area (Å²) in [6.07, 6.45) is 8.14. The molecular formula is C17H29N3O. The van der Waals surface area contributed by atoms with Crippen LogP contribution >= 0.6 is 0 Å². The third-order valence-electron chi connectivity index (χ3n) is 5.60. The Bertz CT molecular complexity index is 469. The van der Waals surface area contributed by atoms with Crippen LogP contribution in [0.4, 0.5) is 0 Å². The van der Waals surface area contributed by atoms with E-state index in [-0.39, 0.29) is 0 Å². The van der Waals surface area contributed by atoms with Crippen LogP contribution < -0.4 is 5.73 Å². The SMILES string of the molecule is CC(C)(C)C1CCC(c2noc([C@@H]3CC[C@H](N)C3)n2)CC1. The molecule has 3 rings (SSSR count). The lowest BCUT2D eigenvalue weighted by Gasteiger charge is -2.36. The lowest BCUT2D eigenvalue weighted by Crippen LogP contribution is -2.25. The van der Waals surface area contributed by atoms with Gasteiger partial charge < -0.3 is 10.3 Å². The van der Waals surface area contributed by atoms with Crippen LogP contribution in [-0.4, -0.2) is 16.2 Å². The zero-order valence-electron chi connectivity index (χ0n) is 13.6. The van der Waals surface area contributed by atoms with Crippen molar-refractivity contribution in [3.05, 3.63) is 11.7 Å². The van der Waals surface area contributed by atoms with Gasteiger partial charge in [-0.2, -0.15) is 4.98 Å². The third kappa shape index (κ3) is 3.31. The van der Waals surface area contributed by atoms with Crippen molar-refractivity contribution in [2.45, 2.75) is 83.6 Å². The number of rotatable bonds is 2. The largest absolute Gasteiger partial charge is 0.339 e. The van der Waals surface area contributed by atoms with Crippen LogP contribution in [0.25, 0.3) is 0 Å². The number of hydrogen-bond acceptors (Lipinski definition) is 4. The summed E-state index contributed by atoms with van der Waals surface area (Å²) < 4.78 is 5.53. The van der Waals surface area contributed by atoms with Crippen LogP contribution in [0.15, 0.2) is 4.52 Å². The molecule has 0 bridgehead atoms. The zero-order valence-corrected chi connectivity index (χ0v) is 13.6. The Balaban J connectivity index is 1.60. The predicted molar refractivity (Wildman–Crippen MR) is 83.0 cm³/mol. The predicted octanol–water partition coefficient (Wildman–Crippen LogP) is 3.98. The molecule has 0 radical (unpaired) electrons. The Morgan fingerprint density at radius 1 is 1.00 bits per heavy atom. The van der Waals surface area contributed by atoms with Gasteiger partial charge in [-0.15, -0.1) is 0 Å². The molecule has 1 aromatic heterocycles. The monoisotopic (exact) mass is 291 g/mol. The molecule has 2 saturated carbocycles. The summed E-state index contributed by atoms with van der Waals surface area (Å²) in [7, 11) is 0. The molecule has 2 aliphatic rings. The first-order chi connectivity index (χ1) is 9.93. The maximum atomic E-state index is 5.98. The van der Waals surface area contributed by atoms with Crippen LogP contribution in [0, 0.1) is 11.3 Å². The Labute approximate surface area is 127 Å². The van der Waals surface area contributed by atoms with E-state index in [4.69, 9.17) is 15.2 Å². The van der Waals surface area contributed by atoms with E-state index in [0.717, 1.165) is 36.9 Å². The summed E-state index contributed by atoms with van der Waals surface area (Å²) in [5.74, 6) is 3.49. The Hall–Kier alpha value is -0.900. The summed E-state index contributed by atoms with van der Waals surface area (Å²) in [4.78, 5) is 4.70. The van der Waals surface area contributed by atoms with E-state index >= 15 is 0 Å². The molecule has 0 saturated heterocycles. The van der Waals surface area contributed by atoms with Crippen LogP contribution in [0.5, 0.6) is 0 Å². The minimum Gasteiger partial charge on any atom is -0.339 e. The summed E-state index contributed by atoms with van der Waals surface area (Å²) >= 11 is 0. The molecule has 2 atom stereocenters. The quantitative estimate of drug-likeness (QED) is 0.895. The summed E-state index contributed by atoms with van der Waals surface area (Å²) in [5, 5.41) is 4.27. The van der Waals surface area contributed by atoms with Crippen molar-refractivity contribution in [3.63, 3.8) is 0 Å². The summed E-state index contributed by atoms with van der Waals surface area (Å²) in [5.41, 5.74) is 6.40. The molecular weight excluding hydrogens is 262 g/mol. The molecule has 2 fully saturated rings. The van der Waals surface area contributed by atoms with E-state index in [0.29, 0.717) is 23.3 Å².